The Bertz CT molecular complexity index is 1320. The van der Waals surface area contributed by atoms with Crippen LogP contribution in [0.1, 0.15) is 46.1 Å². The lowest BCUT2D eigenvalue weighted by Gasteiger charge is -2.05. The second-order valence-electron chi connectivity index (χ2n) is 7.14. The normalized spacial score (nSPS) is 11.5. The summed E-state index contributed by atoms with van der Waals surface area (Å²) in [6, 6.07) is 7.26. The third kappa shape index (κ3) is 5.28. The number of nitrogens with one attached hydrogen (secondary N) is 1. The van der Waals surface area contributed by atoms with Gasteiger partial charge in [-0.15, -0.1) is 0 Å². The van der Waals surface area contributed by atoms with Crippen molar-refractivity contribution in [3.63, 3.8) is 0 Å². The third-order valence-electron chi connectivity index (χ3n) is 4.71. The molecule has 13 heteroatoms. The summed E-state index contributed by atoms with van der Waals surface area (Å²) in [5, 5.41) is 10.4. The average Bonchev–Trinajstić information content (AvgIpc) is 3.50. The second kappa shape index (κ2) is 9.67. The van der Waals surface area contributed by atoms with Crippen molar-refractivity contribution in [1.29, 1.82) is 0 Å². The molecule has 0 unspecified atom stereocenters. The number of carbonyl (C=O) groups is 1. The van der Waals surface area contributed by atoms with E-state index >= 15 is 0 Å². The van der Waals surface area contributed by atoms with Crippen LogP contribution in [0.5, 0.6) is 0 Å². The molecule has 0 aliphatic carbocycles. The number of hydrogen-bond acceptors (Lipinski definition) is 4. The molecule has 0 saturated heterocycles. The average molecular weight is 500 g/mol. The van der Waals surface area contributed by atoms with E-state index in [2.05, 4.69) is 15.5 Å². The Kier molecular flexibility index (Phi) is 6.68. The molecule has 0 atom stereocenters. The van der Waals surface area contributed by atoms with Gasteiger partial charge >= 0.3 is 0 Å². The smallest absolute Gasteiger partial charge is 0.291 e. The van der Waals surface area contributed by atoms with Crippen molar-refractivity contribution in [2.45, 2.75) is 25.9 Å². The lowest BCUT2D eigenvalue weighted by molar-refractivity contribution is 0.0994. The van der Waals surface area contributed by atoms with Gasteiger partial charge in [0, 0.05) is 11.2 Å². The molecule has 3 aromatic heterocycles. The largest absolute Gasteiger partial charge is 0.454 e. The molecule has 0 aliphatic heterocycles. The Balaban J connectivity index is 1.42. The molecule has 3 heterocycles. The van der Waals surface area contributed by atoms with Crippen LogP contribution in [0.3, 0.4) is 0 Å². The fourth-order valence-electron chi connectivity index (χ4n) is 3.13. The molecule has 0 aliphatic rings. The van der Waals surface area contributed by atoms with E-state index in [1.54, 1.807) is 0 Å². The fraction of sp³-hybridized carbons (Fsp3) is 0.190. The minimum absolute atomic E-state index is 0.0672. The Morgan fingerprint density at radius 3 is 2.59 bits per heavy atom. The fourth-order valence-corrected chi connectivity index (χ4v) is 3.35. The number of aromatic nitrogens is 4. The number of benzene rings is 1. The Hall–Kier alpha value is -3.67. The predicted molar refractivity (Wildman–Crippen MR) is 111 cm³/mol. The van der Waals surface area contributed by atoms with Gasteiger partial charge in [0.2, 0.25) is 0 Å². The molecule has 0 bridgehead atoms. The first-order valence-corrected chi connectivity index (χ1v) is 10.1. The molecule has 0 saturated carbocycles. The molecule has 1 amide bonds. The lowest BCUT2D eigenvalue weighted by atomic mass is 10.2. The van der Waals surface area contributed by atoms with Gasteiger partial charge in [-0.05, 0) is 35.9 Å². The van der Waals surface area contributed by atoms with E-state index in [1.165, 1.54) is 47.4 Å². The summed E-state index contributed by atoms with van der Waals surface area (Å²) in [7, 11) is 0. The highest BCUT2D eigenvalue weighted by Gasteiger charge is 2.22. The number of halogens is 6. The van der Waals surface area contributed by atoms with E-state index in [-0.39, 0.29) is 29.6 Å². The molecular formula is C21H15ClF5N5O2. The third-order valence-corrected chi connectivity index (χ3v) is 5.06. The number of rotatable bonds is 8. The standard InChI is InChI=1S/C21H15ClF5N5O2/c22-15-5-12(23)2-1-11(15)8-31-9-13(7-28-31)29-21(33)18-4-3-14(34-18)10-32-17(20(26)27)6-16(30-32)19(24)25/h1-7,9,19-20H,8,10H2,(H,29,33). The number of nitrogens with zero attached hydrogens (tertiary/aromatic N) is 4. The van der Waals surface area contributed by atoms with Crippen molar-refractivity contribution in [1.82, 2.24) is 19.6 Å². The van der Waals surface area contributed by atoms with Crippen LogP contribution in [0.4, 0.5) is 27.6 Å². The molecule has 34 heavy (non-hydrogen) atoms. The zero-order chi connectivity index (χ0) is 24.4. The van der Waals surface area contributed by atoms with Gasteiger partial charge in [0.25, 0.3) is 18.8 Å². The number of amides is 1. The SMILES string of the molecule is O=C(Nc1cnn(Cc2ccc(F)cc2Cl)c1)c1ccc(Cn2nc(C(F)F)cc2C(F)F)o1. The summed E-state index contributed by atoms with van der Waals surface area (Å²) in [5.74, 6) is -1.18. The predicted octanol–water partition coefficient (Wildman–Crippen LogP) is 5.69. The van der Waals surface area contributed by atoms with Crippen molar-refractivity contribution in [2.24, 2.45) is 0 Å². The van der Waals surface area contributed by atoms with E-state index in [0.29, 0.717) is 22.0 Å². The summed E-state index contributed by atoms with van der Waals surface area (Å²) >= 11 is 6.01. The van der Waals surface area contributed by atoms with Crippen LogP contribution >= 0.6 is 11.6 Å². The van der Waals surface area contributed by atoms with E-state index in [4.69, 9.17) is 16.0 Å². The zero-order valence-electron chi connectivity index (χ0n) is 17.1. The molecule has 7 nitrogen and oxygen atoms in total. The molecular weight excluding hydrogens is 485 g/mol. The van der Waals surface area contributed by atoms with Crippen LogP contribution < -0.4 is 5.32 Å². The quantitative estimate of drug-likeness (QED) is 0.316. The van der Waals surface area contributed by atoms with Gasteiger partial charge in [0.15, 0.2) is 5.76 Å². The van der Waals surface area contributed by atoms with Gasteiger partial charge in [-0.1, -0.05) is 17.7 Å². The zero-order valence-corrected chi connectivity index (χ0v) is 17.8. The van der Waals surface area contributed by atoms with Crippen molar-refractivity contribution in [2.75, 3.05) is 5.32 Å². The van der Waals surface area contributed by atoms with Gasteiger partial charge in [0.05, 0.1) is 25.0 Å². The number of anilines is 1. The Morgan fingerprint density at radius 1 is 1.09 bits per heavy atom. The van der Waals surface area contributed by atoms with Gasteiger partial charge in [-0.3, -0.25) is 14.2 Å². The maximum Gasteiger partial charge on any atom is 0.291 e. The minimum Gasteiger partial charge on any atom is -0.454 e. The van der Waals surface area contributed by atoms with Crippen molar-refractivity contribution in [3.8, 4) is 0 Å². The minimum atomic E-state index is -3.01. The van der Waals surface area contributed by atoms with Crippen LogP contribution in [-0.2, 0) is 13.1 Å². The van der Waals surface area contributed by atoms with E-state index in [0.717, 1.165) is 0 Å². The van der Waals surface area contributed by atoms with Gasteiger partial charge in [-0.2, -0.15) is 10.2 Å². The molecule has 178 valence electrons. The molecule has 0 fully saturated rings. The Morgan fingerprint density at radius 2 is 1.88 bits per heavy atom. The first kappa shape index (κ1) is 23.5. The molecule has 4 rings (SSSR count). The molecule has 4 aromatic rings. The number of hydrogen-bond donors (Lipinski definition) is 1. The summed E-state index contributed by atoms with van der Waals surface area (Å²) in [5.41, 5.74) is -0.517. The summed E-state index contributed by atoms with van der Waals surface area (Å²) in [6.45, 7) is -0.132. The maximum absolute atomic E-state index is 13.2. The number of furan rings is 1. The van der Waals surface area contributed by atoms with Crippen LogP contribution in [-0.4, -0.2) is 25.5 Å². The van der Waals surface area contributed by atoms with E-state index in [9.17, 15) is 26.7 Å². The molecule has 1 N–H and O–H groups in total. The maximum atomic E-state index is 13.2. The highest BCUT2D eigenvalue weighted by Crippen LogP contribution is 2.26. The summed E-state index contributed by atoms with van der Waals surface area (Å²) in [6.07, 6.45) is -3.12. The first-order valence-electron chi connectivity index (χ1n) is 9.70. The van der Waals surface area contributed by atoms with Gasteiger partial charge in [-0.25, -0.2) is 22.0 Å². The van der Waals surface area contributed by atoms with E-state index < -0.39 is 36.0 Å². The van der Waals surface area contributed by atoms with Crippen LogP contribution in [0.2, 0.25) is 5.02 Å². The van der Waals surface area contributed by atoms with E-state index in [1.807, 2.05) is 0 Å². The summed E-state index contributed by atoms with van der Waals surface area (Å²) < 4.78 is 72.6. The van der Waals surface area contributed by atoms with Crippen molar-refractivity contribution >= 4 is 23.2 Å². The van der Waals surface area contributed by atoms with Crippen molar-refractivity contribution < 1.29 is 31.2 Å². The monoisotopic (exact) mass is 499 g/mol. The van der Waals surface area contributed by atoms with Crippen LogP contribution in [0, 0.1) is 5.82 Å². The lowest BCUT2D eigenvalue weighted by Crippen LogP contribution is -2.10. The number of carbonyl (C=O) groups excluding carboxylic acids is 1. The van der Waals surface area contributed by atoms with Crippen LogP contribution in [0.15, 0.2) is 53.2 Å². The van der Waals surface area contributed by atoms with Crippen molar-refractivity contribution in [3.05, 3.63) is 88.1 Å². The molecule has 0 spiro atoms. The van der Waals surface area contributed by atoms with Gasteiger partial charge in [0.1, 0.15) is 23.0 Å². The Labute approximate surface area is 193 Å². The van der Waals surface area contributed by atoms with Gasteiger partial charge < -0.3 is 9.73 Å². The molecule has 0 radical (unpaired) electrons. The first-order chi connectivity index (χ1) is 16.2. The van der Waals surface area contributed by atoms with Crippen LogP contribution in [0.25, 0.3) is 0 Å². The summed E-state index contributed by atoms with van der Waals surface area (Å²) in [4.78, 5) is 12.5. The highest BCUT2D eigenvalue weighted by molar-refractivity contribution is 6.31. The molecule has 1 aromatic carbocycles. The number of alkyl halides is 4. The second-order valence-corrected chi connectivity index (χ2v) is 7.54. The highest BCUT2D eigenvalue weighted by atomic mass is 35.5. The topological polar surface area (TPSA) is 77.9 Å².